The van der Waals surface area contributed by atoms with Crippen LogP contribution in [0.5, 0.6) is 5.75 Å². The van der Waals surface area contributed by atoms with Crippen LogP contribution < -0.4 is 11.1 Å². The molecular formula is C9H12N2O. The lowest BCUT2D eigenvalue weighted by Crippen LogP contribution is -2.12. The summed E-state index contributed by atoms with van der Waals surface area (Å²) < 4.78 is 0. The van der Waals surface area contributed by atoms with Crippen molar-refractivity contribution in [2.45, 2.75) is 12.8 Å². The van der Waals surface area contributed by atoms with E-state index in [0.717, 1.165) is 30.6 Å². The average molecular weight is 164 g/mol. The van der Waals surface area contributed by atoms with Crippen LogP contribution in [0.2, 0.25) is 0 Å². The van der Waals surface area contributed by atoms with Gasteiger partial charge < -0.3 is 16.2 Å². The minimum Gasteiger partial charge on any atom is -0.504 e. The first-order chi connectivity index (χ1) is 5.79. The fourth-order valence-electron chi connectivity index (χ4n) is 1.55. The maximum Gasteiger partial charge on any atom is 0.162 e. The third-order valence-electron chi connectivity index (χ3n) is 2.22. The summed E-state index contributed by atoms with van der Waals surface area (Å²) in [7, 11) is 0. The number of hydrogen-bond donors (Lipinski definition) is 3. The van der Waals surface area contributed by atoms with Crippen LogP contribution in [0.25, 0.3) is 0 Å². The molecule has 1 aromatic rings. The minimum absolute atomic E-state index is 0.201. The van der Waals surface area contributed by atoms with Crippen LogP contribution in [0.1, 0.15) is 12.0 Å². The molecule has 2 rings (SSSR count). The number of rotatable bonds is 0. The predicted molar refractivity (Wildman–Crippen MR) is 49.3 cm³/mol. The first kappa shape index (κ1) is 7.28. The fourth-order valence-corrected chi connectivity index (χ4v) is 1.55. The standard InChI is InChI=1S/C9H12N2O/c10-7-4-3-6-2-1-5-11-8(6)9(7)12/h3-4,11-12H,1-2,5,10H2. The molecule has 3 nitrogen and oxygen atoms in total. The summed E-state index contributed by atoms with van der Waals surface area (Å²) in [6.45, 7) is 0.921. The van der Waals surface area contributed by atoms with E-state index < -0.39 is 0 Å². The Morgan fingerprint density at radius 2 is 2.25 bits per heavy atom. The molecule has 12 heavy (non-hydrogen) atoms. The van der Waals surface area contributed by atoms with Gasteiger partial charge in [-0.25, -0.2) is 0 Å². The van der Waals surface area contributed by atoms with Crippen LogP contribution in [0.3, 0.4) is 0 Å². The second kappa shape index (κ2) is 2.59. The zero-order chi connectivity index (χ0) is 8.55. The molecule has 1 aliphatic heterocycles. The Balaban J connectivity index is 2.54. The maximum atomic E-state index is 9.56. The summed E-state index contributed by atoms with van der Waals surface area (Å²) >= 11 is 0. The number of aryl methyl sites for hydroxylation is 1. The van der Waals surface area contributed by atoms with Crippen LogP contribution in [0, 0.1) is 0 Å². The van der Waals surface area contributed by atoms with Crippen molar-refractivity contribution in [3.05, 3.63) is 17.7 Å². The van der Waals surface area contributed by atoms with Gasteiger partial charge in [-0.1, -0.05) is 6.07 Å². The van der Waals surface area contributed by atoms with E-state index in [0.29, 0.717) is 5.69 Å². The van der Waals surface area contributed by atoms with Crippen LogP contribution in [0.4, 0.5) is 11.4 Å². The van der Waals surface area contributed by atoms with Crippen molar-refractivity contribution >= 4 is 11.4 Å². The van der Waals surface area contributed by atoms with Gasteiger partial charge in [0, 0.05) is 6.54 Å². The van der Waals surface area contributed by atoms with Gasteiger partial charge >= 0.3 is 0 Å². The molecule has 0 radical (unpaired) electrons. The summed E-state index contributed by atoms with van der Waals surface area (Å²) in [6.07, 6.45) is 2.15. The first-order valence-corrected chi connectivity index (χ1v) is 4.13. The minimum atomic E-state index is 0.201. The highest BCUT2D eigenvalue weighted by molar-refractivity contribution is 5.72. The van der Waals surface area contributed by atoms with Crippen molar-refractivity contribution in [2.24, 2.45) is 0 Å². The number of phenols is 1. The molecule has 3 heteroatoms. The van der Waals surface area contributed by atoms with Crippen LogP contribution in [0.15, 0.2) is 12.1 Å². The van der Waals surface area contributed by atoms with E-state index in [1.54, 1.807) is 6.07 Å². The lowest BCUT2D eigenvalue weighted by atomic mass is 10.0. The Hall–Kier alpha value is -1.38. The maximum absolute atomic E-state index is 9.56. The van der Waals surface area contributed by atoms with Gasteiger partial charge in [-0.2, -0.15) is 0 Å². The molecule has 0 fully saturated rings. The number of aromatic hydroxyl groups is 1. The number of benzene rings is 1. The van der Waals surface area contributed by atoms with Crippen molar-refractivity contribution in [2.75, 3.05) is 17.6 Å². The molecule has 64 valence electrons. The van der Waals surface area contributed by atoms with E-state index in [1.165, 1.54) is 0 Å². The van der Waals surface area contributed by atoms with Gasteiger partial charge in [0.05, 0.1) is 11.4 Å². The molecule has 0 amide bonds. The Morgan fingerprint density at radius 1 is 1.42 bits per heavy atom. The molecule has 0 saturated carbocycles. The molecule has 0 unspecified atom stereocenters. The van der Waals surface area contributed by atoms with Gasteiger partial charge in [-0.3, -0.25) is 0 Å². The van der Waals surface area contributed by atoms with E-state index >= 15 is 0 Å². The lowest BCUT2D eigenvalue weighted by molar-refractivity contribution is 0.478. The number of phenolic OH excluding ortho intramolecular Hbond substituents is 1. The van der Waals surface area contributed by atoms with Crippen molar-refractivity contribution in [1.29, 1.82) is 0 Å². The van der Waals surface area contributed by atoms with Gasteiger partial charge in [0.15, 0.2) is 5.75 Å². The molecule has 0 saturated heterocycles. The molecule has 1 aromatic carbocycles. The quantitative estimate of drug-likeness (QED) is 0.400. The molecule has 0 aliphatic carbocycles. The molecule has 1 heterocycles. The second-order valence-corrected chi connectivity index (χ2v) is 3.07. The van der Waals surface area contributed by atoms with Gasteiger partial charge in [0.2, 0.25) is 0 Å². The lowest BCUT2D eigenvalue weighted by Gasteiger charge is -2.19. The van der Waals surface area contributed by atoms with Crippen molar-refractivity contribution in [3.8, 4) is 5.75 Å². The van der Waals surface area contributed by atoms with Crippen molar-refractivity contribution in [1.82, 2.24) is 0 Å². The van der Waals surface area contributed by atoms with E-state index in [1.807, 2.05) is 6.07 Å². The zero-order valence-electron chi connectivity index (χ0n) is 6.80. The predicted octanol–water partition coefficient (Wildman–Crippen LogP) is 1.33. The second-order valence-electron chi connectivity index (χ2n) is 3.07. The average Bonchev–Trinajstić information content (AvgIpc) is 2.12. The Labute approximate surface area is 71.2 Å². The number of nitrogens with two attached hydrogens (primary N) is 1. The summed E-state index contributed by atoms with van der Waals surface area (Å²) in [4.78, 5) is 0. The smallest absolute Gasteiger partial charge is 0.162 e. The van der Waals surface area contributed by atoms with Gasteiger partial charge in [0.1, 0.15) is 0 Å². The third-order valence-corrected chi connectivity index (χ3v) is 2.22. The molecule has 0 spiro atoms. The van der Waals surface area contributed by atoms with Gasteiger partial charge in [-0.05, 0) is 24.5 Å². The largest absolute Gasteiger partial charge is 0.504 e. The number of hydrogen-bond acceptors (Lipinski definition) is 3. The van der Waals surface area contributed by atoms with E-state index in [-0.39, 0.29) is 5.75 Å². The highest BCUT2D eigenvalue weighted by atomic mass is 16.3. The monoisotopic (exact) mass is 164 g/mol. The summed E-state index contributed by atoms with van der Waals surface area (Å²) in [5, 5.41) is 12.7. The number of nitrogen functional groups attached to an aromatic ring is 1. The highest BCUT2D eigenvalue weighted by Crippen LogP contribution is 2.35. The van der Waals surface area contributed by atoms with Crippen LogP contribution in [-0.2, 0) is 6.42 Å². The molecule has 0 bridgehead atoms. The van der Waals surface area contributed by atoms with E-state index in [4.69, 9.17) is 5.73 Å². The molecular weight excluding hydrogens is 152 g/mol. The fraction of sp³-hybridized carbons (Fsp3) is 0.333. The summed E-state index contributed by atoms with van der Waals surface area (Å²) in [5.74, 6) is 0.201. The van der Waals surface area contributed by atoms with E-state index in [2.05, 4.69) is 5.32 Å². The number of nitrogens with one attached hydrogen (secondary N) is 1. The number of fused-ring (bicyclic) bond motifs is 1. The summed E-state index contributed by atoms with van der Waals surface area (Å²) in [5.41, 5.74) is 7.98. The Morgan fingerprint density at radius 3 is 3.08 bits per heavy atom. The first-order valence-electron chi connectivity index (χ1n) is 4.13. The molecule has 4 N–H and O–H groups in total. The Bertz CT molecular complexity index is 310. The SMILES string of the molecule is Nc1ccc2c(c1O)NCCC2. The summed E-state index contributed by atoms with van der Waals surface area (Å²) in [6, 6.07) is 3.72. The normalized spacial score (nSPS) is 15.0. The molecule has 0 atom stereocenters. The third kappa shape index (κ3) is 0.978. The van der Waals surface area contributed by atoms with Crippen molar-refractivity contribution < 1.29 is 5.11 Å². The highest BCUT2D eigenvalue weighted by Gasteiger charge is 2.13. The van der Waals surface area contributed by atoms with Crippen LogP contribution >= 0.6 is 0 Å². The topological polar surface area (TPSA) is 58.3 Å². The zero-order valence-corrected chi connectivity index (χ0v) is 6.80. The van der Waals surface area contributed by atoms with Crippen LogP contribution in [-0.4, -0.2) is 11.7 Å². The van der Waals surface area contributed by atoms with Gasteiger partial charge in [0.25, 0.3) is 0 Å². The molecule has 0 aromatic heterocycles. The Kier molecular flexibility index (Phi) is 1.57. The molecule has 1 aliphatic rings. The van der Waals surface area contributed by atoms with Gasteiger partial charge in [-0.15, -0.1) is 0 Å². The van der Waals surface area contributed by atoms with E-state index in [9.17, 15) is 5.11 Å². The van der Waals surface area contributed by atoms with Crippen molar-refractivity contribution in [3.63, 3.8) is 0 Å². The number of anilines is 2.